The number of carbonyl (C=O) groups is 2. The van der Waals surface area contributed by atoms with Crippen molar-refractivity contribution in [2.45, 2.75) is 19.6 Å². The summed E-state index contributed by atoms with van der Waals surface area (Å²) in [4.78, 5) is 27.7. The summed E-state index contributed by atoms with van der Waals surface area (Å²) in [6.07, 6.45) is -1.11. The van der Waals surface area contributed by atoms with Crippen molar-refractivity contribution in [2.75, 3.05) is 31.5 Å². The van der Waals surface area contributed by atoms with Crippen LogP contribution in [0.25, 0.3) is 5.65 Å². The van der Waals surface area contributed by atoms with Crippen molar-refractivity contribution in [2.24, 2.45) is 0 Å². The van der Waals surface area contributed by atoms with Gasteiger partial charge in [0, 0.05) is 38.6 Å². The fourth-order valence-corrected chi connectivity index (χ4v) is 3.04. The molecule has 13 heteroatoms. The lowest BCUT2D eigenvalue weighted by atomic mass is 10.3. The molecule has 1 amide bonds. The molecule has 1 aliphatic heterocycles. The van der Waals surface area contributed by atoms with E-state index >= 15 is 0 Å². The van der Waals surface area contributed by atoms with Crippen molar-refractivity contribution >= 4 is 23.3 Å². The zero-order chi connectivity index (χ0) is 24.0. The van der Waals surface area contributed by atoms with Gasteiger partial charge in [-0.15, -0.1) is 10.2 Å². The van der Waals surface area contributed by atoms with Gasteiger partial charge in [0.15, 0.2) is 5.69 Å². The number of rotatable bonds is 4. The first kappa shape index (κ1) is 23.9. The molecular formula is C20H22F3N7O3. The number of aryl methyl sites for hydroxylation is 1. The molecule has 0 unspecified atom stereocenters. The molecule has 0 bridgehead atoms. The van der Waals surface area contributed by atoms with E-state index in [2.05, 4.69) is 25.8 Å². The highest BCUT2D eigenvalue weighted by Gasteiger charge is 2.38. The second-order valence-electron chi connectivity index (χ2n) is 7.16. The molecule has 3 aromatic rings. The van der Waals surface area contributed by atoms with Gasteiger partial charge in [-0.3, -0.25) is 4.79 Å². The van der Waals surface area contributed by atoms with Crippen LogP contribution in [-0.4, -0.2) is 73.8 Å². The van der Waals surface area contributed by atoms with Crippen LogP contribution in [0.2, 0.25) is 0 Å². The number of piperazine rings is 1. The molecule has 0 saturated carbocycles. The zero-order valence-electron chi connectivity index (χ0n) is 17.6. The fraction of sp³-hybridized carbons (Fsp3) is 0.350. The van der Waals surface area contributed by atoms with Crippen LogP contribution in [0.15, 0.2) is 36.7 Å². The number of hydrogen-bond acceptors (Lipinski definition) is 7. The lowest BCUT2D eigenvalue weighted by Gasteiger charge is -2.26. The third kappa shape index (κ3) is 6.38. The standard InChI is InChI=1S/C18H21N7O.C2HF3O2/c1-13-3-2-8-25-12-14(21-17(13)25)11-20-16-5-4-15(22-23-16)18(26)24-9-6-19-7-10-24;3-2(4,5)1(6)7/h2-5,8,12,19H,6-7,9-11H2,1H3,(H,20,23);(H,6,7). The van der Waals surface area contributed by atoms with Crippen molar-refractivity contribution < 1.29 is 27.9 Å². The predicted molar refractivity (Wildman–Crippen MR) is 112 cm³/mol. The fourth-order valence-electron chi connectivity index (χ4n) is 3.04. The largest absolute Gasteiger partial charge is 0.490 e. The first-order chi connectivity index (χ1) is 15.6. The highest BCUT2D eigenvalue weighted by Crippen LogP contribution is 2.13. The van der Waals surface area contributed by atoms with Gasteiger partial charge in [-0.25, -0.2) is 9.78 Å². The third-order valence-electron chi connectivity index (χ3n) is 4.71. The summed E-state index contributed by atoms with van der Waals surface area (Å²) in [5.41, 5.74) is 3.38. The Bertz CT molecular complexity index is 1110. The van der Waals surface area contributed by atoms with E-state index in [9.17, 15) is 18.0 Å². The van der Waals surface area contributed by atoms with Crippen LogP contribution in [0.3, 0.4) is 0 Å². The minimum absolute atomic E-state index is 0.0682. The molecule has 4 rings (SSSR count). The summed E-state index contributed by atoms with van der Waals surface area (Å²) in [7, 11) is 0. The first-order valence-electron chi connectivity index (χ1n) is 9.96. The van der Waals surface area contributed by atoms with Gasteiger partial charge in [-0.1, -0.05) is 6.07 Å². The van der Waals surface area contributed by atoms with Gasteiger partial charge in [-0.2, -0.15) is 13.2 Å². The van der Waals surface area contributed by atoms with E-state index in [4.69, 9.17) is 9.90 Å². The van der Waals surface area contributed by atoms with Crippen LogP contribution in [0, 0.1) is 6.92 Å². The number of amides is 1. The molecule has 1 aliphatic rings. The summed E-state index contributed by atoms with van der Waals surface area (Å²) in [5.74, 6) is -2.20. The van der Waals surface area contributed by atoms with E-state index in [1.807, 2.05) is 35.9 Å². The van der Waals surface area contributed by atoms with Gasteiger partial charge in [-0.05, 0) is 30.7 Å². The molecule has 0 atom stereocenters. The topological polar surface area (TPSA) is 125 Å². The maximum absolute atomic E-state index is 12.4. The van der Waals surface area contributed by atoms with Crippen molar-refractivity contribution in [3.05, 3.63) is 53.6 Å². The Balaban J connectivity index is 0.000000383. The summed E-state index contributed by atoms with van der Waals surface area (Å²) in [6.45, 7) is 5.62. The van der Waals surface area contributed by atoms with Crippen molar-refractivity contribution in [3.63, 3.8) is 0 Å². The predicted octanol–water partition coefficient (Wildman–Crippen LogP) is 1.72. The number of imidazole rings is 1. The summed E-state index contributed by atoms with van der Waals surface area (Å²) < 4.78 is 33.7. The van der Waals surface area contributed by atoms with Crippen molar-refractivity contribution in [1.29, 1.82) is 0 Å². The Kier molecular flexibility index (Phi) is 7.43. The number of nitrogens with zero attached hydrogens (tertiary/aromatic N) is 5. The lowest BCUT2D eigenvalue weighted by Crippen LogP contribution is -2.46. The van der Waals surface area contributed by atoms with E-state index in [0.29, 0.717) is 31.1 Å². The Morgan fingerprint density at radius 3 is 2.45 bits per heavy atom. The van der Waals surface area contributed by atoms with Gasteiger partial charge in [0.05, 0.1) is 12.2 Å². The van der Waals surface area contributed by atoms with Gasteiger partial charge in [0.2, 0.25) is 0 Å². The number of nitrogens with one attached hydrogen (secondary N) is 2. The quantitative estimate of drug-likeness (QED) is 0.532. The SMILES string of the molecule is Cc1cccn2cc(CNc3ccc(C(=O)N4CCNCC4)nn3)nc12.O=C(O)C(F)(F)F. The lowest BCUT2D eigenvalue weighted by molar-refractivity contribution is -0.192. The molecule has 1 saturated heterocycles. The summed E-state index contributed by atoms with van der Waals surface area (Å²) in [6, 6.07) is 7.54. The van der Waals surface area contributed by atoms with Gasteiger partial charge in [0.25, 0.3) is 5.91 Å². The summed E-state index contributed by atoms with van der Waals surface area (Å²) in [5, 5.41) is 21.8. The van der Waals surface area contributed by atoms with Crippen LogP contribution in [-0.2, 0) is 11.3 Å². The van der Waals surface area contributed by atoms with Gasteiger partial charge in [0.1, 0.15) is 11.5 Å². The van der Waals surface area contributed by atoms with Crippen LogP contribution < -0.4 is 10.6 Å². The van der Waals surface area contributed by atoms with Gasteiger partial charge >= 0.3 is 12.1 Å². The number of carboxylic acids is 1. The number of anilines is 1. The molecule has 0 aliphatic carbocycles. The van der Waals surface area contributed by atoms with Crippen molar-refractivity contribution in [3.8, 4) is 0 Å². The maximum Gasteiger partial charge on any atom is 0.490 e. The zero-order valence-corrected chi connectivity index (χ0v) is 17.6. The summed E-state index contributed by atoms with van der Waals surface area (Å²) >= 11 is 0. The van der Waals surface area contributed by atoms with Crippen LogP contribution in [0.5, 0.6) is 0 Å². The Morgan fingerprint density at radius 1 is 1.18 bits per heavy atom. The maximum atomic E-state index is 12.4. The van der Waals surface area contributed by atoms with E-state index in [1.165, 1.54) is 0 Å². The van der Waals surface area contributed by atoms with Crippen LogP contribution >= 0.6 is 0 Å². The van der Waals surface area contributed by atoms with E-state index in [-0.39, 0.29) is 5.91 Å². The highest BCUT2D eigenvalue weighted by atomic mass is 19.4. The van der Waals surface area contributed by atoms with Crippen LogP contribution in [0.1, 0.15) is 21.7 Å². The Morgan fingerprint density at radius 2 is 1.88 bits per heavy atom. The normalized spacial score (nSPS) is 13.9. The third-order valence-corrected chi connectivity index (χ3v) is 4.71. The monoisotopic (exact) mass is 465 g/mol. The molecule has 1 fully saturated rings. The molecule has 3 aromatic heterocycles. The number of alkyl halides is 3. The number of aromatic nitrogens is 4. The number of aliphatic carboxylic acids is 1. The minimum Gasteiger partial charge on any atom is -0.475 e. The number of carboxylic acid groups (broad SMARTS) is 1. The number of pyridine rings is 1. The van der Waals surface area contributed by atoms with Crippen molar-refractivity contribution in [1.82, 2.24) is 29.8 Å². The highest BCUT2D eigenvalue weighted by molar-refractivity contribution is 5.92. The Hall–Kier alpha value is -3.74. The average molecular weight is 465 g/mol. The first-order valence-corrected chi connectivity index (χ1v) is 9.96. The number of halogens is 3. The number of carbonyl (C=O) groups excluding carboxylic acids is 1. The van der Waals surface area contributed by atoms with E-state index < -0.39 is 12.1 Å². The molecule has 0 radical (unpaired) electrons. The van der Waals surface area contributed by atoms with Gasteiger partial charge < -0.3 is 25.0 Å². The Labute approximate surface area is 186 Å². The molecule has 10 nitrogen and oxygen atoms in total. The molecule has 0 aromatic carbocycles. The molecule has 0 spiro atoms. The second kappa shape index (κ2) is 10.3. The average Bonchev–Trinajstić information content (AvgIpc) is 3.22. The smallest absolute Gasteiger partial charge is 0.475 e. The molecular weight excluding hydrogens is 443 g/mol. The molecule has 176 valence electrons. The van der Waals surface area contributed by atoms with E-state index in [1.54, 1.807) is 17.0 Å². The van der Waals surface area contributed by atoms with E-state index in [0.717, 1.165) is 30.0 Å². The minimum atomic E-state index is -5.08. The molecule has 33 heavy (non-hydrogen) atoms. The van der Waals surface area contributed by atoms with Crippen LogP contribution in [0.4, 0.5) is 19.0 Å². The molecule has 3 N–H and O–H groups in total. The number of fused-ring (bicyclic) bond motifs is 1. The number of hydrogen-bond donors (Lipinski definition) is 3. The molecule has 4 heterocycles. The second-order valence-corrected chi connectivity index (χ2v) is 7.16.